The van der Waals surface area contributed by atoms with E-state index in [1.165, 1.54) is 0 Å². The molecule has 0 unspecified atom stereocenters. The molecule has 29 heavy (non-hydrogen) atoms. The van der Waals surface area contributed by atoms with Gasteiger partial charge in [0.25, 0.3) is 0 Å². The number of rotatable bonds is 8. The van der Waals surface area contributed by atoms with Gasteiger partial charge in [-0.15, -0.1) is 0 Å². The molecule has 2 aliphatic heterocycles. The fourth-order valence-electron chi connectivity index (χ4n) is 3.35. The second kappa shape index (κ2) is 8.55. The van der Waals surface area contributed by atoms with Crippen molar-refractivity contribution in [1.82, 2.24) is 0 Å². The van der Waals surface area contributed by atoms with Crippen molar-refractivity contribution in [3.05, 3.63) is 60.7 Å². The van der Waals surface area contributed by atoms with Gasteiger partial charge >= 0.3 is 0 Å². The zero-order valence-electron chi connectivity index (χ0n) is 16.8. The highest BCUT2D eigenvalue weighted by atomic mass is 16.7. The van der Waals surface area contributed by atoms with Crippen LogP contribution in [0.3, 0.4) is 0 Å². The first kappa shape index (κ1) is 19.3. The van der Waals surface area contributed by atoms with Crippen molar-refractivity contribution in [3.63, 3.8) is 0 Å². The van der Waals surface area contributed by atoms with Crippen LogP contribution in [0, 0.1) is 5.41 Å². The summed E-state index contributed by atoms with van der Waals surface area (Å²) >= 11 is 0. The van der Waals surface area contributed by atoms with Crippen molar-refractivity contribution in [2.45, 2.75) is 38.9 Å². The summed E-state index contributed by atoms with van der Waals surface area (Å²) in [5.74, 6) is 1.66. The van der Waals surface area contributed by atoms with Crippen LogP contribution in [0.4, 0.5) is 0 Å². The molecule has 0 N–H and O–H groups in total. The molecular formula is C23H26N2O4. The van der Waals surface area contributed by atoms with Crippen molar-refractivity contribution in [2.75, 3.05) is 13.2 Å². The summed E-state index contributed by atoms with van der Waals surface area (Å²) in [4.78, 5) is 11.2. The topological polar surface area (TPSA) is 61.6 Å². The summed E-state index contributed by atoms with van der Waals surface area (Å²) in [5, 5.41) is 8.67. The number of nitrogens with zero attached hydrogens (tertiary/aromatic N) is 2. The standard InChI is InChI=1S/C23H26N2O4/c1-23(2,21-13-19(28-24-21)15-26-17-9-5-3-6-10-17)22-14-20(29-25-22)16-27-18-11-7-4-8-12-18/h3-12,19-20H,13-16H2,1-2H3/t19-,20-/m1/s1. The van der Waals surface area contributed by atoms with Crippen LogP contribution < -0.4 is 9.47 Å². The van der Waals surface area contributed by atoms with Gasteiger partial charge in [0.1, 0.15) is 24.7 Å². The lowest BCUT2D eigenvalue weighted by molar-refractivity contribution is 0.0470. The molecule has 0 spiro atoms. The molecule has 2 aromatic carbocycles. The fraction of sp³-hybridized carbons (Fsp3) is 0.391. The van der Waals surface area contributed by atoms with E-state index in [4.69, 9.17) is 19.1 Å². The molecule has 0 bridgehead atoms. The van der Waals surface area contributed by atoms with E-state index in [0.717, 1.165) is 22.9 Å². The molecule has 4 rings (SSSR count). The average molecular weight is 394 g/mol. The van der Waals surface area contributed by atoms with Crippen molar-refractivity contribution in [1.29, 1.82) is 0 Å². The van der Waals surface area contributed by atoms with Crippen molar-refractivity contribution >= 4 is 11.4 Å². The highest BCUT2D eigenvalue weighted by molar-refractivity contribution is 6.11. The minimum atomic E-state index is -0.330. The molecule has 2 aromatic rings. The molecule has 0 radical (unpaired) electrons. The van der Waals surface area contributed by atoms with E-state index >= 15 is 0 Å². The first-order valence-corrected chi connectivity index (χ1v) is 9.93. The minimum absolute atomic E-state index is 0.0930. The summed E-state index contributed by atoms with van der Waals surface area (Å²) in [7, 11) is 0. The van der Waals surface area contributed by atoms with Gasteiger partial charge in [-0.1, -0.05) is 46.7 Å². The maximum absolute atomic E-state index is 5.80. The van der Waals surface area contributed by atoms with Gasteiger partial charge in [-0.3, -0.25) is 0 Å². The van der Waals surface area contributed by atoms with Gasteiger partial charge in [-0.2, -0.15) is 0 Å². The first-order valence-electron chi connectivity index (χ1n) is 9.93. The zero-order chi connectivity index (χ0) is 20.1. The Balaban J connectivity index is 1.26. The maximum atomic E-state index is 5.80. The molecular weight excluding hydrogens is 368 g/mol. The average Bonchev–Trinajstić information content (AvgIpc) is 3.43. The smallest absolute Gasteiger partial charge is 0.166 e. The molecule has 2 heterocycles. The Bertz CT molecular complexity index is 793. The summed E-state index contributed by atoms with van der Waals surface area (Å²) in [6.07, 6.45) is 1.24. The van der Waals surface area contributed by atoms with Crippen molar-refractivity contribution < 1.29 is 19.1 Å². The third kappa shape index (κ3) is 4.70. The number of benzene rings is 2. The SMILES string of the molecule is CC(C)(C1=NO[C@@H](COc2ccccc2)C1)C1=NO[C@@H](COc2ccccc2)C1. The quantitative estimate of drug-likeness (QED) is 0.663. The predicted molar refractivity (Wildman–Crippen MR) is 112 cm³/mol. The third-order valence-electron chi connectivity index (χ3n) is 5.27. The van der Waals surface area contributed by atoms with Crippen LogP contribution in [0.25, 0.3) is 0 Å². The lowest BCUT2D eigenvalue weighted by atomic mass is 9.78. The summed E-state index contributed by atoms with van der Waals surface area (Å²) < 4.78 is 11.6. The lowest BCUT2D eigenvalue weighted by Crippen LogP contribution is -2.34. The third-order valence-corrected chi connectivity index (χ3v) is 5.27. The number of para-hydroxylation sites is 2. The number of ether oxygens (including phenoxy) is 2. The van der Waals surface area contributed by atoms with E-state index in [-0.39, 0.29) is 17.6 Å². The lowest BCUT2D eigenvalue weighted by Gasteiger charge is -2.23. The molecule has 2 aliphatic rings. The molecule has 152 valence electrons. The van der Waals surface area contributed by atoms with Crippen LogP contribution in [0.15, 0.2) is 71.0 Å². The summed E-state index contributed by atoms with van der Waals surface area (Å²) in [6, 6.07) is 19.5. The Labute approximate surface area is 171 Å². The number of hydrogen-bond donors (Lipinski definition) is 0. The molecule has 0 saturated carbocycles. The molecule has 0 aliphatic carbocycles. The molecule has 6 nitrogen and oxygen atoms in total. The first-order chi connectivity index (χ1) is 14.1. The normalized spacial score (nSPS) is 21.0. The maximum Gasteiger partial charge on any atom is 0.166 e. The Morgan fingerprint density at radius 2 is 1.17 bits per heavy atom. The molecule has 0 amide bonds. The molecule has 0 aromatic heterocycles. The highest BCUT2D eigenvalue weighted by Crippen LogP contribution is 2.33. The molecule has 6 heteroatoms. The van der Waals surface area contributed by atoms with E-state index in [1.54, 1.807) is 0 Å². The van der Waals surface area contributed by atoms with Gasteiger partial charge in [0.05, 0.1) is 11.4 Å². The summed E-state index contributed by atoms with van der Waals surface area (Å²) in [5.41, 5.74) is 1.60. The van der Waals surface area contributed by atoms with Gasteiger partial charge in [0.2, 0.25) is 0 Å². The Kier molecular flexibility index (Phi) is 5.69. The van der Waals surface area contributed by atoms with E-state index in [0.29, 0.717) is 26.1 Å². The largest absolute Gasteiger partial charge is 0.490 e. The zero-order valence-corrected chi connectivity index (χ0v) is 16.8. The molecule has 2 atom stereocenters. The Morgan fingerprint density at radius 1 is 0.759 bits per heavy atom. The van der Waals surface area contributed by atoms with Gasteiger partial charge in [0, 0.05) is 18.3 Å². The van der Waals surface area contributed by atoms with E-state index in [9.17, 15) is 0 Å². The number of oxime groups is 2. The van der Waals surface area contributed by atoms with Crippen LogP contribution in [0.2, 0.25) is 0 Å². The fourth-order valence-corrected chi connectivity index (χ4v) is 3.35. The van der Waals surface area contributed by atoms with Crippen molar-refractivity contribution in [3.8, 4) is 11.5 Å². The second-order valence-electron chi connectivity index (χ2n) is 7.81. The van der Waals surface area contributed by atoms with Gasteiger partial charge < -0.3 is 19.1 Å². The van der Waals surface area contributed by atoms with Crippen LogP contribution in [-0.2, 0) is 9.68 Å². The number of hydrogen-bond acceptors (Lipinski definition) is 6. The van der Waals surface area contributed by atoms with Crippen LogP contribution in [0.5, 0.6) is 11.5 Å². The second-order valence-corrected chi connectivity index (χ2v) is 7.81. The predicted octanol–water partition coefficient (Wildman–Crippen LogP) is 4.46. The van der Waals surface area contributed by atoms with E-state index in [1.807, 2.05) is 60.7 Å². The van der Waals surface area contributed by atoms with Crippen molar-refractivity contribution in [2.24, 2.45) is 15.7 Å². The Morgan fingerprint density at radius 3 is 1.59 bits per heavy atom. The molecule has 0 saturated heterocycles. The minimum Gasteiger partial charge on any atom is -0.490 e. The highest BCUT2D eigenvalue weighted by Gasteiger charge is 2.41. The molecule has 0 fully saturated rings. The van der Waals surface area contributed by atoms with Gasteiger partial charge in [-0.25, -0.2) is 0 Å². The van der Waals surface area contributed by atoms with Crippen LogP contribution in [0.1, 0.15) is 26.7 Å². The van der Waals surface area contributed by atoms with Gasteiger partial charge in [0.15, 0.2) is 12.2 Å². The summed E-state index contributed by atoms with van der Waals surface area (Å²) in [6.45, 7) is 5.14. The Hall–Kier alpha value is -3.02. The van der Waals surface area contributed by atoms with Crippen LogP contribution in [-0.4, -0.2) is 36.8 Å². The monoisotopic (exact) mass is 394 g/mol. The van der Waals surface area contributed by atoms with E-state index in [2.05, 4.69) is 24.2 Å². The van der Waals surface area contributed by atoms with Crippen LogP contribution >= 0.6 is 0 Å². The van der Waals surface area contributed by atoms with E-state index < -0.39 is 0 Å². The van der Waals surface area contributed by atoms with Gasteiger partial charge in [-0.05, 0) is 38.1 Å².